The topological polar surface area (TPSA) is 32.3 Å². The molecule has 0 aromatic heterocycles. The second-order valence-electron chi connectivity index (χ2n) is 6.13. The Hall–Kier alpha value is -1.51. The van der Waals surface area contributed by atoms with Crippen molar-refractivity contribution < 1.29 is 4.79 Å². The van der Waals surface area contributed by atoms with Gasteiger partial charge in [-0.25, -0.2) is 4.79 Å². The average molecular weight is 262 g/mol. The predicted molar refractivity (Wildman–Crippen MR) is 80.0 cm³/mol. The van der Waals surface area contributed by atoms with Gasteiger partial charge in [0.2, 0.25) is 0 Å². The molecule has 0 saturated carbocycles. The van der Waals surface area contributed by atoms with Crippen LogP contribution in [0.2, 0.25) is 0 Å². The molecule has 0 radical (unpaired) electrons. The highest BCUT2D eigenvalue weighted by molar-refractivity contribution is 5.74. The van der Waals surface area contributed by atoms with E-state index < -0.39 is 0 Å². The normalized spacial score (nSPS) is 11.2. The van der Waals surface area contributed by atoms with E-state index in [0.717, 1.165) is 25.1 Å². The molecule has 1 N–H and O–H groups in total. The van der Waals surface area contributed by atoms with Crippen LogP contribution in [0.3, 0.4) is 0 Å². The quantitative estimate of drug-likeness (QED) is 0.863. The fourth-order valence-electron chi connectivity index (χ4n) is 1.98. The number of nitrogens with one attached hydrogen (secondary N) is 1. The molecule has 1 aromatic carbocycles. The molecule has 3 heteroatoms. The van der Waals surface area contributed by atoms with Crippen LogP contribution in [0.1, 0.15) is 39.7 Å². The molecule has 1 rings (SSSR count). The molecule has 0 aliphatic carbocycles. The van der Waals surface area contributed by atoms with E-state index in [2.05, 4.69) is 33.0 Å². The lowest BCUT2D eigenvalue weighted by Crippen LogP contribution is -2.44. The lowest BCUT2D eigenvalue weighted by atomic mass is 9.96. The minimum atomic E-state index is 0.0284. The Balaban J connectivity index is 2.52. The molecule has 1 aromatic rings. The molecule has 0 saturated heterocycles. The summed E-state index contributed by atoms with van der Waals surface area (Å²) in [5.41, 5.74) is 1.25. The van der Waals surface area contributed by atoms with Crippen molar-refractivity contribution in [2.45, 2.75) is 40.7 Å². The van der Waals surface area contributed by atoms with Gasteiger partial charge < -0.3 is 10.2 Å². The number of hydrogen-bond acceptors (Lipinski definition) is 1. The Labute approximate surface area is 117 Å². The first-order valence-electron chi connectivity index (χ1n) is 6.99. The third-order valence-electron chi connectivity index (χ3n) is 2.73. The molecule has 0 fully saturated rings. The zero-order valence-electron chi connectivity index (χ0n) is 12.6. The lowest BCUT2D eigenvalue weighted by Gasteiger charge is -2.30. The number of rotatable bonds is 5. The van der Waals surface area contributed by atoms with Crippen LogP contribution in [0, 0.1) is 5.41 Å². The highest BCUT2D eigenvalue weighted by atomic mass is 16.2. The highest BCUT2D eigenvalue weighted by Gasteiger charge is 2.19. The molecule has 19 heavy (non-hydrogen) atoms. The molecule has 0 spiro atoms. The van der Waals surface area contributed by atoms with Crippen LogP contribution in [-0.4, -0.2) is 24.0 Å². The largest absolute Gasteiger partial charge is 0.334 e. The smallest absolute Gasteiger partial charge is 0.317 e. The molecule has 2 amide bonds. The average Bonchev–Trinajstić information content (AvgIpc) is 2.35. The van der Waals surface area contributed by atoms with Gasteiger partial charge in [0, 0.05) is 19.6 Å². The lowest BCUT2D eigenvalue weighted by molar-refractivity contribution is 0.173. The van der Waals surface area contributed by atoms with E-state index in [1.54, 1.807) is 0 Å². The first kappa shape index (κ1) is 15.5. The molecule has 0 atom stereocenters. The maximum absolute atomic E-state index is 12.2. The monoisotopic (exact) mass is 262 g/mol. The predicted octanol–water partition coefficient (Wildman–Crippen LogP) is 3.65. The van der Waals surface area contributed by atoms with Gasteiger partial charge in [-0.3, -0.25) is 0 Å². The molecule has 0 aliphatic heterocycles. The minimum Gasteiger partial charge on any atom is -0.334 e. The summed E-state index contributed by atoms with van der Waals surface area (Å²) in [6, 6.07) is 10.0. The summed E-state index contributed by atoms with van der Waals surface area (Å²) < 4.78 is 0. The third kappa shape index (κ3) is 6.27. The van der Waals surface area contributed by atoms with E-state index in [1.165, 1.54) is 0 Å². The summed E-state index contributed by atoms with van der Waals surface area (Å²) in [6.07, 6.45) is 0.981. The number of carbonyl (C=O) groups is 1. The van der Waals surface area contributed by atoms with Gasteiger partial charge in [-0.2, -0.15) is 0 Å². The second kappa shape index (κ2) is 7.17. The molecule has 106 valence electrons. The Bertz CT molecular complexity index is 381. The Morgan fingerprint density at radius 2 is 1.84 bits per heavy atom. The van der Waals surface area contributed by atoms with Crippen LogP contribution < -0.4 is 5.32 Å². The first-order valence-corrected chi connectivity index (χ1v) is 6.99. The molecular formula is C16H26N2O. The molecular weight excluding hydrogens is 236 g/mol. The van der Waals surface area contributed by atoms with Crippen LogP contribution in [0.15, 0.2) is 30.3 Å². The number of nitrogens with zero attached hydrogens (tertiary/aromatic N) is 1. The Morgan fingerprint density at radius 1 is 1.21 bits per heavy atom. The summed E-state index contributed by atoms with van der Waals surface area (Å²) >= 11 is 0. The first-order chi connectivity index (χ1) is 8.92. The van der Waals surface area contributed by atoms with Crippen LogP contribution in [-0.2, 0) is 6.54 Å². The maximum atomic E-state index is 12.2. The number of amides is 2. The van der Waals surface area contributed by atoms with Gasteiger partial charge in [0.1, 0.15) is 0 Å². The van der Waals surface area contributed by atoms with Gasteiger partial charge in [-0.15, -0.1) is 0 Å². The van der Waals surface area contributed by atoms with E-state index in [0.29, 0.717) is 6.54 Å². The van der Waals surface area contributed by atoms with E-state index in [-0.39, 0.29) is 11.4 Å². The Morgan fingerprint density at radius 3 is 2.37 bits per heavy atom. The molecule has 0 aliphatic rings. The highest BCUT2D eigenvalue weighted by Crippen LogP contribution is 2.15. The fraction of sp³-hybridized carbons (Fsp3) is 0.562. The van der Waals surface area contributed by atoms with Crippen molar-refractivity contribution in [2.75, 3.05) is 13.1 Å². The van der Waals surface area contributed by atoms with Crippen LogP contribution >= 0.6 is 0 Å². The van der Waals surface area contributed by atoms with Crippen molar-refractivity contribution in [2.24, 2.45) is 5.41 Å². The third-order valence-corrected chi connectivity index (χ3v) is 2.73. The van der Waals surface area contributed by atoms with Crippen LogP contribution in [0.4, 0.5) is 4.79 Å². The van der Waals surface area contributed by atoms with Crippen LogP contribution in [0.5, 0.6) is 0 Å². The van der Waals surface area contributed by atoms with Crippen molar-refractivity contribution >= 4 is 6.03 Å². The van der Waals surface area contributed by atoms with Gasteiger partial charge in [0.25, 0.3) is 0 Å². The van der Waals surface area contributed by atoms with Gasteiger partial charge in [-0.1, -0.05) is 58.0 Å². The summed E-state index contributed by atoms with van der Waals surface area (Å²) in [7, 11) is 0. The SMILES string of the molecule is CCCN(CC(C)(C)C)C(=O)NCc1ccccc1. The summed E-state index contributed by atoms with van der Waals surface area (Å²) in [5.74, 6) is 0. The number of hydrogen-bond donors (Lipinski definition) is 1. The van der Waals surface area contributed by atoms with E-state index >= 15 is 0 Å². The molecule has 3 nitrogen and oxygen atoms in total. The maximum Gasteiger partial charge on any atom is 0.317 e. The van der Waals surface area contributed by atoms with Gasteiger partial charge >= 0.3 is 6.03 Å². The number of urea groups is 1. The molecule has 0 bridgehead atoms. The van der Waals surface area contributed by atoms with Crippen molar-refractivity contribution in [1.29, 1.82) is 0 Å². The standard InChI is InChI=1S/C16H26N2O/c1-5-11-18(13-16(2,3)4)15(19)17-12-14-9-7-6-8-10-14/h6-10H,5,11-13H2,1-4H3,(H,17,19). The second-order valence-corrected chi connectivity index (χ2v) is 6.13. The van der Waals surface area contributed by atoms with E-state index in [1.807, 2.05) is 35.2 Å². The van der Waals surface area contributed by atoms with Gasteiger partial charge in [0.05, 0.1) is 0 Å². The fourth-order valence-corrected chi connectivity index (χ4v) is 1.98. The van der Waals surface area contributed by atoms with Crippen molar-refractivity contribution in [3.05, 3.63) is 35.9 Å². The van der Waals surface area contributed by atoms with Gasteiger partial charge in [-0.05, 0) is 17.4 Å². The number of benzene rings is 1. The van der Waals surface area contributed by atoms with Crippen molar-refractivity contribution in [3.8, 4) is 0 Å². The summed E-state index contributed by atoms with van der Waals surface area (Å²) in [6.45, 7) is 10.7. The number of carbonyl (C=O) groups excluding carboxylic acids is 1. The van der Waals surface area contributed by atoms with Crippen LogP contribution in [0.25, 0.3) is 0 Å². The van der Waals surface area contributed by atoms with E-state index in [9.17, 15) is 4.79 Å². The van der Waals surface area contributed by atoms with Crippen molar-refractivity contribution in [1.82, 2.24) is 10.2 Å². The molecule has 0 heterocycles. The van der Waals surface area contributed by atoms with E-state index in [4.69, 9.17) is 0 Å². The molecule has 0 unspecified atom stereocenters. The zero-order valence-corrected chi connectivity index (χ0v) is 12.6. The Kier molecular flexibility index (Phi) is 5.87. The van der Waals surface area contributed by atoms with Gasteiger partial charge in [0.15, 0.2) is 0 Å². The van der Waals surface area contributed by atoms with Crippen molar-refractivity contribution in [3.63, 3.8) is 0 Å². The minimum absolute atomic E-state index is 0.0284. The zero-order chi connectivity index (χ0) is 14.3. The summed E-state index contributed by atoms with van der Waals surface area (Å²) in [4.78, 5) is 14.1. The summed E-state index contributed by atoms with van der Waals surface area (Å²) in [5, 5.41) is 2.99.